The van der Waals surface area contributed by atoms with Crippen molar-refractivity contribution >= 4 is 0 Å². The molecule has 2 heteroatoms. The third-order valence-corrected chi connectivity index (χ3v) is 6.05. The van der Waals surface area contributed by atoms with E-state index in [-0.39, 0.29) is 11.6 Å². The second-order valence-electron chi connectivity index (χ2n) is 6.86. The largest absolute Gasteiger partial charge is 0.391 e. The molecular formula is C19H29NO. The summed E-state index contributed by atoms with van der Waals surface area (Å²) in [5, 5.41) is 11.0. The molecule has 2 unspecified atom stereocenters. The standard InChI is InChI=1S/C19H29NO/c1-3-19(4-2,20-11-7-8-12-20)18(21)14-16-13-15-9-5-6-10-17(15)16/h5-6,9-10,16,18,21H,3-4,7-8,11-14H2,1-2H3. The molecule has 21 heavy (non-hydrogen) atoms. The molecule has 116 valence electrons. The van der Waals surface area contributed by atoms with Crippen LogP contribution in [0.5, 0.6) is 0 Å². The first kappa shape index (κ1) is 15.1. The Balaban J connectivity index is 1.72. The van der Waals surface area contributed by atoms with Gasteiger partial charge < -0.3 is 5.11 Å². The van der Waals surface area contributed by atoms with Crippen LogP contribution in [0.4, 0.5) is 0 Å². The molecule has 0 aromatic heterocycles. The molecule has 0 bridgehead atoms. The summed E-state index contributed by atoms with van der Waals surface area (Å²) in [5.41, 5.74) is 2.95. The van der Waals surface area contributed by atoms with E-state index in [9.17, 15) is 5.11 Å². The maximum absolute atomic E-state index is 11.0. The number of aliphatic hydroxyl groups excluding tert-OH is 1. The van der Waals surface area contributed by atoms with Crippen LogP contribution in [0.2, 0.25) is 0 Å². The van der Waals surface area contributed by atoms with Crippen molar-refractivity contribution in [1.82, 2.24) is 4.90 Å². The van der Waals surface area contributed by atoms with Gasteiger partial charge in [0.25, 0.3) is 0 Å². The lowest BCUT2D eigenvalue weighted by Gasteiger charge is -2.46. The van der Waals surface area contributed by atoms with Crippen LogP contribution in [0, 0.1) is 0 Å². The summed E-state index contributed by atoms with van der Waals surface area (Å²) in [4.78, 5) is 2.57. The van der Waals surface area contributed by atoms with Gasteiger partial charge in [-0.25, -0.2) is 0 Å². The molecule has 1 aromatic rings. The molecule has 1 aliphatic carbocycles. The smallest absolute Gasteiger partial charge is 0.0729 e. The molecule has 1 N–H and O–H groups in total. The maximum Gasteiger partial charge on any atom is 0.0729 e. The molecular weight excluding hydrogens is 258 g/mol. The Morgan fingerprint density at radius 2 is 1.86 bits per heavy atom. The molecule has 1 fully saturated rings. The minimum Gasteiger partial charge on any atom is -0.391 e. The molecule has 2 atom stereocenters. The number of hydrogen-bond donors (Lipinski definition) is 1. The Hall–Kier alpha value is -0.860. The average molecular weight is 287 g/mol. The highest BCUT2D eigenvalue weighted by Gasteiger charge is 2.43. The van der Waals surface area contributed by atoms with Crippen LogP contribution in [0.15, 0.2) is 24.3 Å². The fourth-order valence-corrected chi connectivity index (χ4v) is 4.60. The van der Waals surface area contributed by atoms with Gasteiger partial charge in [-0.1, -0.05) is 38.1 Å². The van der Waals surface area contributed by atoms with Crippen molar-refractivity contribution in [3.8, 4) is 0 Å². The Morgan fingerprint density at radius 1 is 1.19 bits per heavy atom. The van der Waals surface area contributed by atoms with Crippen LogP contribution >= 0.6 is 0 Å². The van der Waals surface area contributed by atoms with Gasteiger partial charge in [-0.15, -0.1) is 0 Å². The van der Waals surface area contributed by atoms with Crippen LogP contribution in [0.25, 0.3) is 0 Å². The molecule has 1 saturated heterocycles. The van der Waals surface area contributed by atoms with E-state index < -0.39 is 0 Å². The normalized spacial score (nSPS) is 23.7. The fourth-order valence-electron chi connectivity index (χ4n) is 4.60. The number of hydrogen-bond acceptors (Lipinski definition) is 2. The predicted molar refractivity (Wildman–Crippen MR) is 87.6 cm³/mol. The van der Waals surface area contributed by atoms with Gasteiger partial charge in [-0.05, 0) is 68.7 Å². The minimum absolute atomic E-state index is 0.00103. The number of aliphatic hydroxyl groups is 1. The zero-order chi connectivity index (χ0) is 14.9. The number of benzene rings is 1. The molecule has 1 aliphatic heterocycles. The summed E-state index contributed by atoms with van der Waals surface area (Å²) in [6.45, 7) is 6.83. The van der Waals surface area contributed by atoms with Gasteiger partial charge in [0.1, 0.15) is 0 Å². The second-order valence-corrected chi connectivity index (χ2v) is 6.86. The molecule has 0 radical (unpaired) electrons. The van der Waals surface area contributed by atoms with Gasteiger partial charge in [0.05, 0.1) is 6.10 Å². The first-order valence-electron chi connectivity index (χ1n) is 8.72. The van der Waals surface area contributed by atoms with Crippen molar-refractivity contribution in [2.45, 2.75) is 69.9 Å². The Kier molecular flexibility index (Phi) is 4.37. The summed E-state index contributed by atoms with van der Waals surface area (Å²) in [6, 6.07) is 8.72. The van der Waals surface area contributed by atoms with Crippen molar-refractivity contribution in [1.29, 1.82) is 0 Å². The van der Waals surface area contributed by atoms with Crippen LogP contribution in [0.1, 0.15) is 63.0 Å². The molecule has 2 aliphatic rings. The average Bonchev–Trinajstić information content (AvgIpc) is 3.01. The predicted octanol–water partition coefficient (Wildman–Crippen LogP) is 3.73. The van der Waals surface area contributed by atoms with Gasteiger partial charge >= 0.3 is 0 Å². The number of nitrogens with zero attached hydrogens (tertiary/aromatic N) is 1. The zero-order valence-corrected chi connectivity index (χ0v) is 13.5. The van der Waals surface area contributed by atoms with E-state index in [0.717, 1.165) is 25.7 Å². The van der Waals surface area contributed by atoms with Gasteiger partial charge in [-0.2, -0.15) is 0 Å². The highest BCUT2D eigenvalue weighted by molar-refractivity contribution is 5.40. The van der Waals surface area contributed by atoms with Crippen molar-refractivity contribution in [3.63, 3.8) is 0 Å². The van der Waals surface area contributed by atoms with Gasteiger partial charge in [-0.3, -0.25) is 4.90 Å². The quantitative estimate of drug-likeness (QED) is 0.861. The van der Waals surface area contributed by atoms with E-state index in [2.05, 4.69) is 43.0 Å². The van der Waals surface area contributed by atoms with Gasteiger partial charge in [0, 0.05) is 5.54 Å². The molecule has 3 rings (SSSR count). The first-order chi connectivity index (χ1) is 10.2. The van der Waals surface area contributed by atoms with Crippen molar-refractivity contribution < 1.29 is 5.11 Å². The molecule has 0 spiro atoms. The first-order valence-corrected chi connectivity index (χ1v) is 8.72. The van der Waals surface area contributed by atoms with Crippen molar-refractivity contribution in [2.75, 3.05) is 13.1 Å². The number of fused-ring (bicyclic) bond motifs is 1. The molecule has 0 amide bonds. The van der Waals surface area contributed by atoms with Crippen LogP contribution < -0.4 is 0 Å². The van der Waals surface area contributed by atoms with E-state index in [0.29, 0.717) is 5.92 Å². The third kappa shape index (κ3) is 2.53. The van der Waals surface area contributed by atoms with Crippen LogP contribution in [-0.4, -0.2) is 34.7 Å². The summed E-state index contributed by atoms with van der Waals surface area (Å²) >= 11 is 0. The van der Waals surface area contributed by atoms with Crippen LogP contribution in [0.3, 0.4) is 0 Å². The fraction of sp³-hybridized carbons (Fsp3) is 0.684. The lowest BCUT2D eigenvalue weighted by atomic mass is 9.71. The molecule has 2 nitrogen and oxygen atoms in total. The van der Waals surface area contributed by atoms with Gasteiger partial charge in [0.15, 0.2) is 0 Å². The second kappa shape index (κ2) is 6.10. The third-order valence-electron chi connectivity index (χ3n) is 6.05. The summed E-state index contributed by atoms with van der Waals surface area (Å²) in [5.74, 6) is 0.566. The maximum atomic E-state index is 11.0. The SMILES string of the molecule is CCC(CC)(C(O)CC1Cc2ccccc21)N1CCCC1. The Bertz CT molecular complexity index is 474. The molecule has 0 saturated carbocycles. The van der Waals surface area contributed by atoms with E-state index in [1.807, 2.05) is 0 Å². The topological polar surface area (TPSA) is 23.5 Å². The van der Waals surface area contributed by atoms with Crippen molar-refractivity contribution in [3.05, 3.63) is 35.4 Å². The van der Waals surface area contributed by atoms with E-state index >= 15 is 0 Å². The van der Waals surface area contributed by atoms with E-state index in [4.69, 9.17) is 0 Å². The highest BCUT2D eigenvalue weighted by atomic mass is 16.3. The minimum atomic E-state index is -0.205. The van der Waals surface area contributed by atoms with E-state index in [1.165, 1.54) is 37.1 Å². The van der Waals surface area contributed by atoms with Gasteiger partial charge in [0.2, 0.25) is 0 Å². The lowest BCUT2D eigenvalue weighted by molar-refractivity contribution is -0.0358. The summed E-state index contributed by atoms with van der Waals surface area (Å²) in [7, 11) is 0. The summed E-state index contributed by atoms with van der Waals surface area (Å²) < 4.78 is 0. The highest BCUT2D eigenvalue weighted by Crippen LogP contribution is 2.42. The Labute approximate surface area is 129 Å². The number of rotatable bonds is 6. The molecule has 1 heterocycles. The monoisotopic (exact) mass is 287 g/mol. The van der Waals surface area contributed by atoms with E-state index in [1.54, 1.807) is 0 Å². The van der Waals surface area contributed by atoms with Crippen LogP contribution in [-0.2, 0) is 6.42 Å². The zero-order valence-electron chi connectivity index (χ0n) is 13.5. The Morgan fingerprint density at radius 3 is 2.48 bits per heavy atom. The molecule has 1 aromatic carbocycles. The van der Waals surface area contributed by atoms with Crippen molar-refractivity contribution in [2.24, 2.45) is 0 Å². The number of likely N-dealkylation sites (tertiary alicyclic amines) is 1. The summed E-state index contributed by atoms with van der Waals surface area (Å²) in [6.07, 6.45) is 6.56. The lowest BCUT2D eigenvalue weighted by Crippen LogP contribution is -2.55.